The molecule has 334 valence electrons. The number of imidazole rings is 2. The van der Waals surface area contributed by atoms with Crippen LogP contribution in [0.3, 0.4) is 0 Å². The van der Waals surface area contributed by atoms with Gasteiger partial charge in [-0.1, -0.05) is 99.7 Å². The molecule has 7 heterocycles. The van der Waals surface area contributed by atoms with Gasteiger partial charge in [-0.25, -0.2) is 19.9 Å². The van der Waals surface area contributed by atoms with Crippen molar-refractivity contribution in [1.82, 2.24) is 39.9 Å². The van der Waals surface area contributed by atoms with Crippen molar-refractivity contribution in [2.24, 2.45) is 0 Å². The molecule has 0 saturated heterocycles. The van der Waals surface area contributed by atoms with Gasteiger partial charge in [-0.2, -0.15) is 0 Å². The van der Waals surface area contributed by atoms with E-state index in [1.807, 2.05) is 0 Å². The fourth-order valence-electron chi connectivity index (χ4n) is 8.31. The first-order valence-corrected chi connectivity index (χ1v) is 20.5. The topological polar surface area (TPSA) is 284 Å². The monoisotopic (exact) mass is 906 g/mol. The van der Waals surface area contributed by atoms with Crippen LogP contribution in [0.2, 0.25) is 0 Å². The Morgan fingerprint density at radius 3 is 0.905 bits per heavy atom. The van der Waals surface area contributed by atoms with Crippen LogP contribution in [0.25, 0.3) is 44.4 Å². The molecular formula is C42H48N12NiO8. The summed E-state index contributed by atoms with van der Waals surface area (Å²) < 4.78 is 0. The summed E-state index contributed by atoms with van der Waals surface area (Å²) in [6.07, 6.45) is 11.9. The van der Waals surface area contributed by atoms with Crippen LogP contribution in [0.5, 0.6) is 0 Å². The molecule has 0 aromatic carbocycles. The van der Waals surface area contributed by atoms with Crippen molar-refractivity contribution in [3.05, 3.63) is 123 Å². The normalized spacial score (nSPS) is 11.9. The van der Waals surface area contributed by atoms with E-state index in [0.29, 0.717) is 44.5 Å². The Bertz CT molecular complexity index is 2550. The van der Waals surface area contributed by atoms with Gasteiger partial charge in [-0.3, -0.25) is 40.5 Å². The molecule has 5 aromatic heterocycles. The third kappa shape index (κ3) is 9.04. The SMILES string of the molecule is CCC1=C(CC)c2nc1c([N+](=O)[O-])c1nc(c([N+](=O)[O-])c3[n-]c(c(CC)c3CC)c([N+](=O)[O-])c3[n-]c(c(CC)c3CC)c2[N+](=O)[O-])C(CC)=C1CC.[Ni+2].c1c[nH]cn1.c1c[nH]cn1. The minimum atomic E-state index is -0.633. The first-order chi connectivity index (χ1) is 29.8. The number of fused-ring (bicyclic) bond motifs is 8. The van der Waals surface area contributed by atoms with Crippen LogP contribution in [0.4, 0.5) is 22.7 Å². The largest absolute Gasteiger partial charge is 2.00 e. The molecule has 7 rings (SSSR count). The maximum absolute atomic E-state index is 13.2. The average Bonchev–Trinajstić information content (AvgIpc) is 4.11. The number of aromatic nitrogens is 8. The van der Waals surface area contributed by atoms with Crippen LogP contribution < -0.4 is 9.97 Å². The Balaban J connectivity index is 0.000000695. The third-order valence-corrected chi connectivity index (χ3v) is 10.8. The summed E-state index contributed by atoms with van der Waals surface area (Å²) in [7, 11) is 0. The molecule has 2 N–H and O–H groups in total. The van der Waals surface area contributed by atoms with Gasteiger partial charge in [-0.15, -0.1) is 0 Å². The predicted molar refractivity (Wildman–Crippen MR) is 235 cm³/mol. The summed E-state index contributed by atoms with van der Waals surface area (Å²) in [5.74, 6) is 0. The number of nitrogens with zero attached hydrogens (tertiary/aromatic N) is 10. The van der Waals surface area contributed by atoms with Crippen LogP contribution >= 0.6 is 0 Å². The maximum atomic E-state index is 13.2. The van der Waals surface area contributed by atoms with Crippen molar-refractivity contribution in [1.29, 1.82) is 0 Å². The first kappa shape index (κ1) is 48.8. The van der Waals surface area contributed by atoms with Gasteiger partial charge in [0.15, 0.2) is 0 Å². The van der Waals surface area contributed by atoms with Crippen LogP contribution in [-0.2, 0) is 42.2 Å². The van der Waals surface area contributed by atoms with E-state index >= 15 is 0 Å². The molecule has 0 atom stereocenters. The molecule has 21 heteroatoms. The standard InChI is InChI=1S/C36H40N8O8.2C3H4N2.Ni/c1-9-17-18(10-2)26-34(42(47)48)28-21(13-5)22(14-6)30(39-28)36(44(51)52)32-24(16-8)23(15-7)31(40-32)35(43(49)50)29-20(12-4)19(11-3)27(38-29)33(41(45)46)25(17)37-26;2*1-2-5-3-4-1;/h9-16H2,1-8H3;2*1-3H,(H,4,5);/q-2;;;+2. The van der Waals surface area contributed by atoms with E-state index in [0.717, 1.165) is 0 Å². The van der Waals surface area contributed by atoms with Crippen LogP contribution in [0.1, 0.15) is 126 Å². The molecule has 2 aliphatic heterocycles. The second kappa shape index (κ2) is 21.3. The number of rotatable bonds is 12. The molecule has 63 heavy (non-hydrogen) atoms. The van der Waals surface area contributed by atoms with Gasteiger partial charge in [0.2, 0.25) is 5.69 Å². The number of hydrogen-bond acceptors (Lipinski definition) is 12. The van der Waals surface area contributed by atoms with Crippen molar-refractivity contribution >= 4 is 67.1 Å². The first-order valence-electron chi connectivity index (χ1n) is 20.5. The van der Waals surface area contributed by atoms with Crippen molar-refractivity contribution in [2.45, 2.75) is 107 Å². The number of nitro groups is 4. The van der Waals surface area contributed by atoms with Crippen molar-refractivity contribution < 1.29 is 36.2 Å². The smallest absolute Gasteiger partial charge is 0.646 e. The summed E-state index contributed by atoms with van der Waals surface area (Å²) in [6, 6.07) is 0. The van der Waals surface area contributed by atoms with Crippen LogP contribution in [0.15, 0.2) is 37.4 Å². The number of allylic oxidation sites excluding steroid dienone is 4. The van der Waals surface area contributed by atoms with Crippen molar-refractivity contribution in [3.8, 4) is 0 Å². The van der Waals surface area contributed by atoms with Gasteiger partial charge in [0.25, 0.3) is 11.4 Å². The Labute approximate surface area is 371 Å². The Morgan fingerprint density at radius 1 is 0.444 bits per heavy atom. The molecule has 0 saturated carbocycles. The molecule has 0 aliphatic carbocycles. The van der Waals surface area contributed by atoms with Crippen LogP contribution in [-0.4, -0.2) is 49.6 Å². The predicted octanol–water partition coefficient (Wildman–Crippen LogP) is 9.73. The molecule has 20 nitrogen and oxygen atoms in total. The summed E-state index contributed by atoms with van der Waals surface area (Å²) in [5.41, 5.74) is 0.172. The average molecular weight is 908 g/mol. The van der Waals surface area contributed by atoms with E-state index in [1.54, 1.807) is 92.8 Å². The van der Waals surface area contributed by atoms with Gasteiger partial charge >= 0.3 is 22.2 Å². The Kier molecular flexibility index (Phi) is 16.5. The zero-order valence-corrected chi connectivity index (χ0v) is 37.2. The van der Waals surface area contributed by atoms with E-state index in [2.05, 4.69) is 39.9 Å². The molecule has 0 amide bonds. The molecule has 5 aromatic rings. The van der Waals surface area contributed by atoms with E-state index in [9.17, 15) is 40.5 Å². The minimum Gasteiger partial charge on any atom is -0.646 e. The number of aromatic amines is 2. The number of hydrogen-bond donors (Lipinski definition) is 2. The quantitative estimate of drug-likeness (QED) is 0.0669. The zero-order valence-electron chi connectivity index (χ0n) is 36.2. The Morgan fingerprint density at radius 2 is 0.714 bits per heavy atom. The molecule has 2 aliphatic rings. The molecular weight excluding hydrogens is 859 g/mol. The van der Waals surface area contributed by atoms with Crippen molar-refractivity contribution in [3.63, 3.8) is 0 Å². The van der Waals surface area contributed by atoms with Gasteiger partial charge in [0, 0.05) is 24.8 Å². The number of nitrogens with one attached hydrogen (secondary N) is 2. The van der Waals surface area contributed by atoms with Gasteiger partial charge in [0.05, 0.1) is 32.3 Å². The van der Waals surface area contributed by atoms with E-state index in [1.165, 1.54) is 0 Å². The summed E-state index contributed by atoms with van der Waals surface area (Å²) in [4.78, 5) is 81.6. The molecule has 8 bridgehead atoms. The molecule has 0 spiro atoms. The van der Waals surface area contributed by atoms with E-state index < -0.39 is 42.4 Å². The second-order valence-corrected chi connectivity index (χ2v) is 13.8. The van der Waals surface area contributed by atoms with E-state index in [-0.39, 0.29) is 113 Å². The summed E-state index contributed by atoms with van der Waals surface area (Å²) in [5, 5.41) is 52.6. The van der Waals surface area contributed by atoms with Gasteiger partial charge < -0.3 is 19.9 Å². The number of aryl methyl sites for hydroxylation is 4. The van der Waals surface area contributed by atoms with E-state index in [4.69, 9.17) is 0 Å². The summed E-state index contributed by atoms with van der Waals surface area (Å²) in [6.45, 7) is 14.1. The molecule has 0 fully saturated rings. The molecule has 0 unspecified atom stereocenters. The fraction of sp³-hybridized carbons (Fsp3) is 0.381. The van der Waals surface area contributed by atoms with Crippen LogP contribution in [0, 0.1) is 40.5 Å². The third-order valence-electron chi connectivity index (χ3n) is 10.8. The zero-order chi connectivity index (χ0) is 45.4. The number of H-pyrrole nitrogens is 2. The maximum Gasteiger partial charge on any atom is 2.00 e. The molecule has 0 radical (unpaired) electrons. The fourth-order valence-corrected chi connectivity index (χ4v) is 8.31. The van der Waals surface area contributed by atoms with Crippen molar-refractivity contribution in [2.75, 3.05) is 0 Å². The van der Waals surface area contributed by atoms with Gasteiger partial charge in [0.1, 0.15) is 22.8 Å². The second-order valence-electron chi connectivity index (χ2n) is 13.8. The minimum absolute atomic E-state index is 0. The summed E-state index contributed by atoms with van der Waals surface area (Å²) >= 11 is 0. The van der Waals surface area contributed by atoms with Gasteiger partial charge in [-0.05, 0) is 73.7 Å². The Hall–Kier alpha value is -6.89.